The van der Waals surface area contributed by atoms with Gasteiger partial charge in [-0.1, -0.05) is 35.1 Å². The van der Waals surface area contributed by atoms with Crippen LogP contribution in [0.15, 0.2) is 48.5 Å². The van der Waals surface area contributed by atoms with Crippen LogP contribution in [0, 0.1) is 0 Å². The van der Waals surface area contributed by atoms with Crippen molar-refractivity contribution in [3.63, 3.8) is 0 Å². The molecule has 0 saturated carbocycles. The van der Waals surface area contributed by atoms with E-state index in [4.69, 9.17) is 16.3 Å². The summed E-state index contributed by atoms with van der Waals surface area (Å²) in [5.74, 6) is 0.460. The number of anilines is 2. The summed E-state index contributed by atoms with van der Waals surface area (Å²) in [6.45, 7) is 2.99. The van der Waals surface area contributed by atoms with Crippen molar-refractivity contribution < 1.29 is 14.3 Å². The van der Waals surface area contributed by atoms with Crippen molar-refractivity contribution >= 4 is 45.7 Å². The number of aromatic nitrogens is 2. The number of likely N-dealkylation sites (tertiary alicyclic amines) is 1. The average Bonchev–Trinajstić information content (AvgIpc) is 3.46. The molecule has 0 aliphatic carbocycles. The van der Waals surface area contributed by atoms with Crippen LogP contribution in [-0.2, 0) is 4.79 Å². The van der Waals surface area contributed by atoms with Crippen molar-refractivity contribution in [3.8, 4) is 16.3 Å². The fourth-order valence-electron chi connectivity index (χ4n) is 3.45. The fraction of sp³-hybridized carbons (Fsp3) is 0.273. The molecule has 3 amide bonds. The Kier molecular flexibility index (Phi) is 6.87. The van der Waals surface area contributed by atoms with E-state index in [-0.39, 0.29) is 11.9 Å². The first kappa shape index (κ1) is 22.0. The van der Waals surface area contributed by atoms with E-state index in [1.807, 2.05) is 19.1 Å². The van der Waals surface area contributed by atoms with Crippen LogP contribution in [0.4, 0.5) is 15.6 Å². The molecule has 1 atom stereocenters. The SMILES string of the molecule is CCOc1ccc(NC(=O)N2CCCC2C(=O)Nc2nnc(-c3ccc(Cl)cc3)s2)cc1. The number of carbonyl (C=O) groups is 2. The zero-order valence-electron chi connectivity index (χ0n) is 17.4. The Morgan fingerprint density at radius 1 is 1.12 bits per heavy atom. The molecule has 0 radical (unpaired) electrons. The first-order valence-electron chi connectivity index (χ1n) is 10.2. The summed E-state index contributed by atoms with van der Waals surface area (Å²) in [4.78, 5) is 27.2. The molecule has 2 aromatic carbocycles. The number of urea groups is 1. The molecule has 166 valence electrons. The third-order valence-electron chi connectivity index (χ3n) is 4.98. The van der Waals surface area contributed by atoms with Crippen molar-refractivity contribution in [3.05, 3.63) is 53.6 Å². The highest BCUT2D eigenvalue weighted by Crippen LogP contribution is 2.28. The van der Waals surface area contributed by atoms with Gasteiger partial charge in [0.05, 0.1) is 6.61 Å². The highest BCUT2D eigenvalue weighted by molar-refractivity contribution is 7.18. The second-order valence-electron chi connectivity index (χ2n) is 7.15. The number of amides is 3. The molecule has 2 N–H and O–H groups in total. The normalized spacial score (nSPS) is 15.4. The minimum Gasteiger partial charge on any atom is -0.494 e. The maximum absolute atomic E-state index is 12.9. The Morgan fingerprint density at radius 3 is 2.59 bits per heavy atom. The van der Waals surface area contributed by atoms with Crippen molar-refractivity contribution in [2.75, 3.05) is 23.8 Å². The van der Waals surface area contributed by atoms with E-state index >= 15 is 0 Å². The Hall–Kier alpha value is -3.17. The van der Waals surface area contributed by atoms with Gasteiger partial charge in [-0.3, -0.25) is 10.1 Å². The summed E-state index contributed by atoms with van der Waals surface area (Å²) >= 11 is 7.19. The molecule has 4 rings (SSSR count). The molecule has 0 spiro atoms. The van der Waals surface area contributed by atoms with E-state index in [1.54, 1.807) is 41.3 Å². The van der Waals surface area contributed by atoms with E-state index in [0.717, 1.165) is 17.7 Å². The zero-order chi connectivity index (χ0) is 22.5. The summed E-state index contributed by atoms with van der Waals surface area (Å²) in [6, 6.07) is 13.5. The minimum absolute atomic E-state index is 0.275. The smallest absolute Gasteiger partial charge is 0.322 e. The zero-order valence-corrected chi connectivity index (χ0v) is 18.9. The first-order valence-corrected chi connectivity index (χ1v) is 11.4. The maximum atomic E-state index is 12.9. The number of rotatable bonds is 6. The summed E-state index contributed by atoms with van der Waals surface area (Å²) in [5, 5.41) is 15.5. The second-order valence-corrected chi connectivity index (χ2v) is 8.56. The van der Waals surface area contributed by atoms with E-state index in [0.29, 0.717) is 40.4 Å². The lowest BCUT2D eigenvalue weighted by atomic mass is 10.2. The quantitative estimate of drug-likeness (QED) is 0.533. The summed E-state index contributed by atoms with van der Waals surface area (Å²) < 4.78 is 5.41. The number of benzene rings is 2. The Bertz CT molecular complexity index is 1090. The van der Waals surface area contributed by atoms with Crippen LogP contribution >= 0.6 is 22.9 Å². The number of halogens is 1. The molecule has 1 aliphatic rings. The van der Waals surface area contributed by atoms with E-state index in [9.17, 15) is 9.59 Å². The lowest BCUT2D eigenvalue weighted by molar-refractivity contribution is -0.119. The van der Waals surface area contributed by atoms with Crippen LogP contribution in [0.3, 0.4) is 0 Å². The van der Waals surface area contributed by atoms with Gasteiger partial charge < -0.3 is 15.0 Å². The Balaban J connectivity index is 1.38. The molecule has 0 bridgehead atoms. The van der Waals surface area contributed by atoms with Crippen LogP contribution in [0.2, 0.25) is 5.02 Å². The molecule has 1 fully saturated rings. The first-order chi connectivity index (χ1) is 15.5. The largest absolute Gasteiger partial charge is 0.494 e. The molecule has 8 nitrogen and oxygen atoms in total. The highest BCUT2D eigenvalue weighted by Gasteiger charge is 2.34. The maximum Gasteiger partial charge on any atom is 0.322 e. The number of carbonyl (C=O) groups excluding carboxylic acids is 2. The van der Waals surface area contributed by atoms with Crippen LogP contribution in [0.1, 0.15) is 19.8 Å². The van der Waals surface area contributed by atoms with Gasteiger partial charge in [-0.25, -0.2) is 4.79 Å². The number of ether oxygens (including phenoxy) is 1. The van der Waals surface area contributed by atoms with E-state index in [2.05, 4.69) is 20.8 Å². The van der Waals surface area contributed by atoms with Crippen LogP contribution < -0.4 is 15.4 Å². The van der Waals surface area contributed by atoms with Gasteiger partial charge in [0.1, 0.15) is 16.8 Å². The molecule has 2 heterocycles. The summed E-state index contributed by atoms with van der Waals surface area (Å²) in [7, 11) is 0. The predicted octanol–water partition coefficient (Wildman–Crippen LogP) is 4.89. The third kappa shape index (κ3) is 5.17. The lowest BCUT2D eigenvalue weighted by Crippen LogP contribution is -2.45. The molecule has 32 heavy (non-hydrogen) atoms. The van der Waals surface area contributed by atoms with E-state index < -0.39 is 6.04 Å². The predicted molar refractivity (Wildman–Crippen MR) is 125 cm³/mol. The van der Waals surface area contributed by atoms with Gasteiger partial charge in [-0.15, -0.1) is 10.2 Å². The monoisotopic (exact) mass is 471 g/mol. The van der Waals surface area contributed by atoms with Gasteiger partial charge >= 0.3 is 6.03 Å². The second kappa shape index (κ2) is 9.97. The Morgan fingerprint density at radius 2 is 1.88 bits per heavy atom. The van der Waals surface area contributed by atoms with Gasteiger partial charge in [0.2, 0.25) is 11.0 Å². The van der Waals surface area contributed by atoms with Crippen LogP contribution in [0.5, 0.6) is 5.75 Å². The molecule has 1 saturated heterocycles. The lowest BCUT2D eigenvalue weighted by Gasteiger charge is -2.23. The van der Waals surface area contributed by atoms with Crippen LogP contribution in [0.25, 0.3) is 10.6 Å². The Labute approximate surface area is 194 Å². The molecule has 1 aromatic heterocycles. The summed E-state index contributed by atoms with van der Waals surface area (Å²) in [6.07, 6.45) is 1.34. The minimum atomic E-state index is -0.569. The van der Waals surface area contributed by atoms with Gasteiger partial charge in [0.15, 0.2) is 0 Å². The van der Waals surface area contributed by atoms with Gasteiger partial charge in [0, 0.05) is 22.8 Å². The number of nitrogens with zero attached hydrogens (tertiary/aromatic N) is 3. The van der Waals surface area contributed by atoms with Crippen molar-refractivity contribution in [2.45, 2.75) is 25.8 Å². The van der Waals surface area contributed by atoms with Gasteiger partial charge in [0.25, 0.3) is 0 Å². The standard InChI is InChI=1S/C22H22ClN5O3S/c1-2-31-17-11-9-16(10-12-17)24-22(30)28-13-3-4-18(28)19(29)25-21-27-26-20(32-21)14-5-7-15(23)8-6-14/h5-12,18H,2-4,13H2,1H3,(H,24,30)(H,25,27,29). The number of hydrogen-bond donors (Lipinski definition) is 2. The molecule has 3 aromatic rings. The average molecular weight is 472 g/mol. The molecule has 1 aliphatic heterocycles. The molecular weight excluding hydrogens is 450 g/mol. The molecular formula is C22H22ClN5O3S. The topological polar surface area (TPSA) is 96.5 Å². The number of hydrogen-bond acceptors (Lipinski definition) is 6. The van der Waals surface area contributed by atoms with Crippen molar-refractivity contribution in [1.29, 1.82) is 0 Å². The fourth-order valence-corrected chi connectivity index (χ4v) is 4.33. The highest BCUT2D eigenvalue weighted by atomic mass is 35.5. The van der Waals surface area contributed by atoms with Crippen molar-refractivity contribution in [1.82, 2.24) is 15.1 Å². The van der Waals surface area contributed by atoms with Gasteiger partial charge in [-0.05, 0) is 56.2 Å². The van der Waals surface area contributed by atoms with E-state index in [1.165, 1.54) is 11.3 Å². The number of nitrogens with one attached hydrogen (secondary N) is 2. The van der Waals surface area contributed by atoms with Gasteiger partial charge in [-0.2, -0.15) is 0 Å². The van der Waals surface area contributed by atoms with Crippen molar-refractivity contribution in [2.24, 2.45) is 0 Å². The summed E-state index contributed by atoms with van der Waals surface area (Å²) in [5.41, 5.74) is 1.51. The van der Waals surface area contributed by atoms with Crippen LogP contribution in [-0.4, -0.2) is 46.2 Å². The molecule has 1 unspecified atom stereocenters. The molecule has 10 heteroatoms. The third-order valence-corrected chi connectivity index (χ3v) is 6.12.